The first-order valence-corrected chi connectivity index (χ1v) is 10.6. The van der Waals surface area contributed by atoms with E-state index in [-0.39, 0.29) is 5.97 Å². The molecule has 0 unspecified atom stereocenters. The lowest BCUT2D eigenvalue weighted by atomic mass is 9.93. The first kappa shape index (κ1) is 21.6. The van der Waals surface area contributed by atoms with Crippen LogP contribution in [0.25, 0.3) is 28.5 Å². The van der Waals surface area contributed by atoms with Crippen LogP contribution in [0.3, 0.4) is 0 Å². The second kappa shape index (κ2) is 8.83. The predicted octanol–water partition coefficient (Wildman–Crippen LogP) is 5.10. The molecule has 0 spiro atoms. The summed E-state index contributed by atoms with van der Waals surface area (Å²) in [6.07, 6.45) is 4.67. The molecule has 6 nitrogen and oxygen atoms in total. The zero-order chi connectivity index (χ0) is 22.7. The van der Waals surface area contributed by atoms with Gasteiger partial charge >= 0.3 is 11.9 Å². The standard InChI is InChI=1S/C26H25NO5/c1-4-31-25(29)26(15-16-26)21-11-9-19(10-12-21)18-5-7-20(8-6-18)24-22(17(2)27-32-24)13-14-23(28)30-3/h5-14H,4,15-16H2,1-3H3. The van der Waals surface area contributed by atoms with Gasteiger partial charge in [-0.3, -0.25) is 4.79 Å². The first-order valence-electron chi connectivity index (χ1n) is 10.6. The molecule has 164 valence electrons. The lowest BCUT2D eigenvalue weighted by Gasteiger charge is -2.14. The van der Waals surface area contributed by atoms with Crippen molar-refractivity contribution in [2.45, 2.75) is 32.1 Å². The molecule has 1 fully saturated rings. The Labute approximate surface area is 186 Å². The van der Waals surface area contributed by atoms with Crippen molar-refractivity contribution in [2.75, 3.05) is 13.7 Å². The maximum atomic E-state index is 12.3. The molecule has 0 N–H and O–H groups in total. The first-order chi connectivity index (χ1) is 15.5. The number of aryl methyl sites for hydroxylation is 1. The lowest BCUT2D eigenvalue weighted by molar-refractivity contribution is -0.146. The summed E-state index contributed by atoms with van der Waals surface area (Å²) >= 11 is 0. The fourth-order valence-corrected chi connectivity index (χ4v) is 3.80. The van der Waals surface area contributed by atoms with E-state index < -0.39 is 11.4 Å². The summed E-state index contributed by atoms with van der Waals surface area (Å²) in [5, 5.41) is 4.03. The van der Waals surface area contributed by atoms with Crippen LogP contribution in [0.5, 0.6) is 0 Å². The van der Waals surface area contributed by atoms with Crippen molar-refractivity contribution >= 4 is 18.0 Å². The fourth-order valence-electron chi connectivity index (χ4n) is 3.80. The molecule has 1 heterocycles. The van der Waals surface area contributed by atoms with Gasteiger partial charge in [-0.1, -0.05) is 53.7 Å². The van der Waals surface area contributed by atoms with Crippen LogP contribution in [0.1, 0.15) is 36.6 Å². The number of hydrogen-bond donors (Lipinski definition) is 0. The van der Waals surface area contributed by atoms with Crippen molar-refractivity contribution < 1.29 is 23.6 Å². The molecule has 6 heteroatoms. The monoisotopic (exact) mass is 431 g/mol. The number of aromatic nitrogens is 1. The van der Waals surface area contributed by atoms with Crippen molar-refractivity contribution in [3.05, 3.63) is 71.4 Å². The maximum absolute atomic E-state index is 12.3. The summed E-state index contributed by atoms with van der Waals surface area (Å²) in [6.45, 7) is 4.05. The van der Waals surface area contributed by atoms with Crippen LogP contribution >= 0.6 is 0 Å². The minimum atomic E-state index is -0.462. The summed E-state index contributed by atoms with van der Waals surface area (Å²) in [6, 6.07) is 16.0. The van der Waals surface area contributed by atoms with Gasteiger partial charge in [-0.25, -0.2) is 4.79 Å². The van der Waals surface area contributed by atoms with Crippen LogP contribution in [-0.4, -0.2) is 30.8 Å². The van der Waals surface area contributed by atoms with Gasteiger partial charge in [0.05, 0.1) is 24.8 Å². The van der Waals surface area contributed by atoms with Crippen molar-refractivity contribution in [3.8, 4) is 22.5 Å². The Morgan fingerprint density at radius 2 is 1.62 bits per heavy atom. The SMILES string of the molecule is CCOC(=O)C1(c2ccc(-c3ccc(-c4onc(C)c4C=CC(=O)OC)cc3)cc2)CC1. The van der Waals surface area contributed by atoms with E-state index in [0.717, 1.165) is 40.7 Å². The Morgan fingerprint density at radius 3 is 2.19 bits per heavy atom. The predicted molar refractivity (Wildman–Crippen MR) is 121 cm³/mol. The topological polar surface area (TPSA) is 78.6 Å². The highest BCUT2D eigenvalue weighted by Gasteiger charge is 2.52. The van der Waals surface area contributed by atoms with Gasteiger partial charge in [0.2, 0.25) is 0 Å². The quantitative estimate of drug-likeness (QED) is 0.383. The van der Waals surface area contributed by atoms with E-state index in [4.69, 9.17) is 9.26 Å². The summed E-state index contributed by atoms with van der Waals surface area (Å²) < 4.78 is 15.4. The number of benzene rings is 2. The highest BCUT2D eigenvalue weighted by atomic mass is 16.5. The minimum absolute atomic E-state index is 0.128. The van der Waals surface area contributed by atoms with Crippen LogP contribution < -0.4 is 0 Å². The van der Waals surface area contributed by atoms with Crippen molar-refractivity contribution in [1.29, 1.82) is 0 Å². The Hall–Kier alpha value is -3.67. The van der Waals surface area contributed by atoms with Crippen LogP contribution in [0.15, 0.2) is 59.1 Å². The van der Waals surface area contributed by atoms with Crippen LogP contribution in [0.4, 0.5) is 0 Å². The molecule has 4 rings (SSSR count). The van der Waals surface area contributed by atoms with Crippen LogP contribution in [-0.2, 0) is 24.5 Å². The molecule has 1 aliphatic rings. The third-order valence-electron chi connectivity index (χ3n) is 5.83. The molecule has 0 aliphatic heterocycles. The highest BCUT2D eigenvalue weighted by molar-refractivity contribution is 5.89. The molecule has 0 bridgehead atoms. The zero-order valence-electron chi connectivity index (χ0n) is 18.4. The van der Waals surface area contributed by atoms with Gasteiger partial charge in [-0.15, -0.1) is 0 Å². The Balaban J connectivity index is 1.55. The summed E-state index contributed by atoms with van der Waals surface area (Å²) in [7, 11) is 1.33. The number of hydrogen-bond acceptors (Lipinski definition) is 6. The second-order valence-corrected chi connectivity index (χ2v) is 7.82. The van der Waals surface area contributed by atoms with Gasteiger partial charge < -0.3 is 14.0 Å². The number of rotatable bonds is 7. The number of nitrogens with zero attached hydrogens (tertiary/aromatic N) is 1. The van der Waals surface area contributed by atoms with E-state index in [1.54, 1.807) is 6.08 Å². The summed E-state index contributed by atoms with van der Waals surface area (Å²) in [5.74, 6) is 0.0254. The molecule has 0 radical (unpaired) electrons. The molecule has 1 aromatic heterocycles. The summed E-state index contributed by atoms with van der Waals surface area (Å²) in [5.41, 5.74) is 4.93. The van der Waals surface area contributed by atoms with Gasteiger partial charge in [0.1, 0.15) is 0 Å². The molecular formula is C26H25NO5. The number of carbonyl (C=O) groups is 2. The van der Waals surface area contributed by atoms with Gasteiger partial charge in [0.25, 0.3) is 0 Å². The van der Waals surface area contributed by atoms with E-state index >= 15 is 0 Å². The lowest BCUT2D eigenvalue weighted by Crippen LogP contribution is -2.23. The molecule has 0 saturated heterocycles. The molecule has 3 aromatic rings. The largest absolute Gasteiger partial charge is 0.466 e. The number of carbonyl (C=O) groups excluding carboxylic acids is 2. The fraction of sp³-hybridized carbons (Fsp3) is 0.269. The smallest absolute Gasteiger partial charge is 0.330 e. The van der Waals surface area contributed by atoms with E-state index in [9.17, 15) is 9.59 Å². The third kappa shape index (κ3) is 4.08. The number of ether oxygens (including phenoxy) is 2. The van der Waals surface area contributed by atoms with Gasteiger partial charge in [0.15, 0.2) is 5.76 Å². The molecule has 32 heavy (non-hydrogen) atoms. The van der Waals surface area contributed by atoms with Crippen molar-refractivity contribution in [2.24, 2.45) is 0 Å². The molecule has 1 saturated carbocycles. The number of esters is 2. The molecule has 0 atom stereocenters. The molecule has 0 amide bonds. The van der Waals surface area contributed by atoms with Gasteiger partial charge in [0, 0.05) is 17.2 Å². The van der Waals surface area contributed by atoms with Gasteiger partial charge in [-0.05, 0) is 49.5 Å². The Kier molecular flexibility index (Phi) is 5.95. The van der Waals surface area contributed by atoms with E-state index in [0.29, 0.717) is 18.1 Å². The average Bonchev–Trinajstić information content (AvgIpc) is 3.56. The number of methoxy groups -OCH3 is 1. The van der Waals surface area contributed by atoms with E-state index in [2.05, 4.69) is 9.89 Å². The van der Waals surface area contributed by atoms with Crippen LogP contribution in [0, 0.1) is 6.92 Å². The van der Waals surface area contributed by atoms with Gasteiger partial charge in [-0.2, -0.15) is 0 Å². The van der Waals surface area contributed by atoms with Crippen molar-refractivity contribution in [3.63, 3.8) is 0 Å². The normalized spacial score (nSPS) is 14.3. The zero-order valence-corrected chi connectivity index (χ0v) is 18.4. The van der Waals surface area contributed by atoms with Crippen LogP contribution in [0.2, 0.25) is 0 Å². The van der Waals surface area contributed by atoms with E-state index in [1.807, 2.05) is 62.4 Å². The Bertz CT molecular complexity index is 1150. The molecular weight excluding hydrogens is 406 g/mol. The highest BCUT2D eigenvalue weighted by Crippen LogP contribution is 2.49. The average molecular weight is 431 g/mol. The van der Waals surface area contributed by atoms with Crippen molar-refractivity contribution in [1.82, 2.24) is 5.16 Å². The Morgan fingerprint density at radius 1 is 1.03 bits per heavy atom. The second-order valence-electron chi connectivity index (χ2n) is 7.82. The minimum Gasteiger partial charge on any atom is -0.466 e. The third-order valence-corrected chi connectivity index (χ3v) is 5.83. The maximum Gasteiger partial charge on any atom is 0.330 e. The van der Waals surface area contributed by atoms with E-state index in [1.165, 1.54) is 13.2 Å². The molecule has 1 aliphatic carbocycles. The molecule has 2 aromatic carbocycles. The summed E-state index contributed by atoms with van der Waals surface area (Å²) in [4.78, 5) is 23.8.